The topological polar surface area (TPSA) is 234 Å². The lowest BCUT2D eigenvalue weighted by Gasteiger charge is -2.43. The van der Waals surface area contributed by atoms with E-state index in [-0.39, 0.29) is 47.1 Å². The molecule has 59 heavy (non-hydrogen) atoms. The molecule has 0 unspecified atom stereocenters. The molecule has 0 radical (unpaired) electrons. The van der Waals surface area contributed by atoms with Gasteiger partial charge in [-0.1, -0.05) is 42.5 Å². The number of rotatable bonds is 15. The molecule has 0 spiro atoms. The van der Waals surface area contributed by atoms with Gasteiger partial charge in [0, 0.05) is 34.0 Å². The van der Waals surface area contributed by atoms with Crippen LogP contribution in [0.1, 0.15) is 72.5 Å². The highest BCUT2D eigenvalue weighted by Crippen LogP contribution is 2.40. The fourth-order valence-electron chi connectivity index (χ4n) is 6.58. The first-order chi connectivity index (χ1) is 27.9. The lowest BCUT2D eigenvalue weighted by atomic mass is 9.97. The number of carbonyl (C=O) groups excluding carboxylic acids is 7. The zero-order valence-corrected chi connectivity index (χ0v) is 33.6. The van der Waals surface area contributed by atoms with Crippen molar-refractivity contribution in [1.29, 1.82) is 0 Å². The Bertz CT molecular complexity index is 2240. The van der Waals surface area contributed by atoms with Crippen molar-refractivity contribution >= 4 is 57.1 Å². The summed E-state index contributed by atoms with van der Waals surface area (Å²) in [5.74, 6) is -6.88. The summed E-state index contributed by atoms with van der Waals surface area (Å²) in [6.45, 7) is 5.75. The number of ether oxygens (including phenoxy) is 7. The van der Waals surface area contributed by atoms with Crippen LogP contribution < -0.4 is 14.8 Å². The standard InChI is InChI=1S/C40H42N2O16S/c1-7-52-31-18-26(29(20-59(6,50)51)42-37(47)27-14-11-15-28(41-21(2)43)32(27)38(42)48)16-17-30(31)57-40-36(56-24(5)46)34(55-23(4)45)33(54-22(3)44)35(58-40)39(49)53-19-25-12-9-8-10-13-25/h8-18,29,33-36,40H,7,19-20H2,1-6H3,(H,41,43)/t29-,33+,34+,35+,36-,40-/m1/s1. The van der Waals surface area contributed by atoms with Crippen LogP contribution in [0.5, 0.6) is 11.5 Å². The molecular formula is C40H42N2O16S. The first kappa shape index (κ1) is 43.8. The third-order valence-electron chi connectivity index (χ3n) is 8.78. The Kier molecular flexibility index (Phi) is 13.7. The summed E-state index contributed by atoms with van der Waals surface area (Å²) in [5.41, 5.74) is 0.605. The van der Waals surface area contributed by atoms with Crippen LogP contribution in [0.2, 0.25) is 0 Å². The van der Waals surface area contributed by atoms with Crippen molar-refractivity contribution in [2.75, 3.05) is 23.9 Å². The van der Waals surface area contributed by atoms with Gasteiger partial charge < -0.3 is 38.5 Å². The number of nitrogens with one attached hydrogen (secondary N) is 1. The zero-order valence-electron chi connectivity index (χ0n) is 32.8. The van der Waals surface area contributed by atoms with Crippen molar-refractivity contribution < 1.29 is 75.1 Å². The number of carbonyl (C=O) groups is 7. The maximum atomic E-state index is 13.9. The molecule has 1 fully saturated rings. The molecule has 1 N–H and O–H groups in total. The Morgan fingerprint density at radius 2 is 1.44 bits per heavy atom. The number of benzene rings is 3. The average Bonchev–Trinajstić information content (AvgIpc) is 3.41. The minimum atomic E-state index is -3.89. The second-order valence-electron chi connectivity index (χ2n) is 13.5. The predicted octanol–water partition coefficient (Wildman–Crippen LogP) is 3.07. The van der Waals surface area contributed by atoms with E-state index in [4.69, 9.17) is 33.2 Å². The van der Waals surface area contributed by atoms with E-state index in [9.17, 15) is 42.0 Å². The summed E-state index contributed by atoms with van der Waals surface area (Å²) in [5, 5.41) is 2.52. The van der Waals surface area contributed by atoms with Crippen molar-refractivity contribution in [1.82, 2.24) is 4.90 Å². The first-order valence-corrected chi connectivity index (χ1v) is 20.2. The molecule has 2 aliphatic rings. The van der Waals surface area contributed by atoms with E-state index < -0.39 is 93.9 Å². The molecule has 6 atom stereocenters. The zero-order chi connectivity index (χ0) is 43.2. The first-order valence-electron chi connectivity index (χ1n) is 18.2. The second-order valence-corrected chi connectivity index (χ2v) is 15.7. The summed E-state index contributed by atoms with van der Waals surface area (Å²) in [7, 11) is -3.89. The van der Waals surface area contributed by atoms with Gasteiger partial charge in [-0.2, -0.15) is 0 Å². The third kappa shape index (κ3) is 10.6. The van der Waals surface area contributed by atoms with Gasteiger partial charge in [0.2, 0.25) is 18.3 Å². The Morgan fingerprint density at radius 1 is 0.797 bits per heavy atom. The van der Waals surface area contributed by atoms with Gasteiger partial charge in [0.25, 0.3) is 11.8 Å². The summed E-state index contributed by atoms with van der Waals surface area (Å²) in [6, 6.07) is 15.4. The Labute approximate surface area is 338 Å². The van der Waals surface area contributed by atoms with Gasteiger partial charge in [0.15, 0.2) is 29.8 Å². The normalized spacial score (nSPS) is 20.4. The van der Waals surface area contributed by atoms with E-state index in [1.165, 1.54) is 43.3 Å². The molecule has 18 nitrogen and oxygen atoms in total. The van der Waals surface area contributed by atoms with Gasteiger partial charge in [-0.25, -0.2) is 13.2 Å². The van der Waals surface area contributed by atoms with Crippen molar-refractivity contribution in [2.24, 2.45) is 0 Å². The quantitative estimate of drug-likeness (QED) is 0.132. The monoisotopic (exact) mass is 838 g/mol. The number of esters is 4. The number of sulfone groups is 1. The molecule has 0 bridgehead atoms. The highest BCUT2D eigenvalue weighted by Gasteiger charge is 2.56. The molecule has 3 aromatic carbocycles. The number of nitrogens with zero attached hydrogens (tertiary/aromatic N) is 1. The maximum Gasteiger partial charge on any atom is 0.339 e. The van der Waals surface area contributed by atoms with Crippen LogP contribution in [-0.2, 0) is 64.1 Å². The summed E-state index contributed by atoms with van der Waals surface area (Å²) < 4.78 is 65.7. The molecule has 0 aliphatic carbocycles. The highest BCUT2D eigenvalue weighted by molar-refractivity contribution is 7.90. The number of amides is 3. The van der Waals surface area contributed by atoms with E-state index in [1.807, 2.05) is 0 Å². The largest absolute Gasteiger partial charge is 0.490 e. The molecule has 5 rings (SSSR count). The van der Waals surface area contributed by atoms with Gasteiger partial charge in [-0.3, -0.25) is 33.7 Å². The van der Waals surface area contributed by atoms with Crippen LogP contribution in [0.3, 0.4) is 0 Å². The van der Waals surface area contributed by atoms with E-state index in [0.29, 0.717) is 5.56 Å². The molecule has 2 aliphatic heterocycles. The lowest BCUT2D eigenvalue weighted by Crippen LogP contribution is -2.64. The minimum Gasteiger partial charge on any atom is -0.490 e. The van der Waals surface area contributed by atoms with Crippen LogP contribution >= 0.6 is 0 Å². The van der Waals surface area contributed by atoms with Crippen LogP contribution in [0.25, 0.3) is 0 Å². The SMILES string of the molecule is CCOc1cc([C@@H](CS(C)(=O)=O)N2C(=O)c3cccc(NC(C)=O)c3C2=O)ccc1O[C@@H]1O[C@H](C(=O)OCc2ccccc2)[C@@H](OC(C)=O)[C@H](OC(C)=O)[C@H]1OC(C)=O. The number of hydrogen-bond acceptors (Lipinski definition) is 16. The Balaban J connectivity index is 1.56. The van der Waals surface area contributed by atoms with Gasteiger partial charge >= 0.3 is 23.9 Å². The van der Waals surface area contributed by atoms with Gasteiger partial charge in [-0.15, -0.1) is 0 Å². The van der Waals surface area contributed by atoms with Crippen molar-refractivity contribution in [3.63, 3.8) is 0 Å². The number of fused-ring (bicyclic) bond motifs is 1. The van der Waals surface area contributed by atoms with Gasteiger partial charge in [0.1, 0.15) is 16.4 Å². The molecule has 1 saturated heterocycles. The molecule has 0 aromatic heterocycles. The minimum absolute atomic E-state index is 0.00157. The molecule has 3 aromatic rings. The van der Waals surface area contributed by atoms with Crippen LogP contribution in [0.4, 0.5) is 5.69 Å². The van der Waals surface area contributed by atoms with Crippen LogP contribution in [0.15, 0.2) is 66.7 Å². The fraction of sp³-hybridized carbons (Fsp3) is 0.375. The molecule has 314 valence electrons. The van der Waals surface area contributed by atoms with Gasteiger partial charge in [0.05, 0.1) is 35.2 Å². The second kappa shape index (κ2) is 18.5. The van der Waals surface area contributed by atoms with E-state index >= 15 is 0 Å². The van der Waals surface area contributed by atoms with Crippen LogP contribution in [0, 0.1) is 0 Å². The Hall–Kier alpha value is -6.34. The third-order valence-corrected chi connectivity index (χ3v) is 9.70. The van der Waals surface area contributed by atoms with E-state index in [0.717, 1.165) is 31.9 Å². The summed E-state index contributed by atoms with van der Waals surface area (Å²) in [4.78, 5) is 91.3. The fourth-order valence-corrected chi connectivity index (χ4v) is 7.49. The summed E-state index contributed by atoms with van der Waals surface area (Å²) in [6.07, 6.45) is -7.72. The smallest absolute Gasteiger partial charge is 0.339 e. The average molecular weight is 839 g/mol. The number of anilines is 1. The maximum absolute atomic E-state index is 13.9. The Morgan fingerprint density at radius 3 is 2.05 bits per heavy atom. The lowest BCUT2D eigenvalue weighted by molar-refractivity contribution is -0.283. The number of imide groups is 1. The number of hydrogen-bond donors (Lipinski definition) is 1. The van der Waals surface area contributed by atoms with E-state index in [1.54, 1.807) is 37.3 Å². The van der Waals surface area contributed by atoms with Gasteiger partial charge in [-0.05, 0) is 42.3 Å². The molecule has 0 saturated carbocycles. The molecule has 3 amide bonds. The van der Waals surface area contributed by atoms with Crippen molar-refractivity contribution in [2.45, 2.75) is 78.0 Å². The molecule has 2 heterocycles. The molecular weight excluding hydrogens is 797 g/mol. The van der Waals surface area contributed by atoms with E-state index in [2.05, 4.69) is 5.32 Å². The van der Waals surface area contributed by atoms with Crippen LogP contribution in [-0.4, -0.2) is 104 Å². The molecule has 19 heteroatoms. The summed E-state index contributed by atoms with van der Waals surface area (Å²) >= 11 is 0. The highest BCUT2D eigenvalue weighted by atomic mass is 32.2. The predicted molar refractivity (Wildman–Crippen MR) is 203 cm³/mol. The van der Waals surface area contributed by atoms with Crippen molar-refractivity contribution in [3.05, 3.63) is 89.0 Å². The van der Waals surface area contributed by atoms with Crippen molar-refractivity contribution in [3.8, 4) is 11.5 Å².